The molecule has 0 spiro atoms. The maximum Gasteiger partial charge on any atom is 0.272 e. The van der Waals surface area contributed by atoms with E-state index in [2.05, 4.69) is 41.5 Å². The van der Waals surface area contributed by atoms with Crippen LogP contribution in [0.5, 0.6) is 0 Å². The van der Waals surface area contributed by atoms with Gasteiger partial charge in [0.25, 0.3) is 5.91 Å². The average Bonchev–Trinajstić information content (AvgIpc) is 2.61. The van der Waals surface area contributed by atoms with Crippen molar-refractivity contribution in [2.75, 3.05) is 31.6 Å². The van der Waals surface area contributed by atoms with Gasteiger partial charge >= 0.3 is 0 Å². The Labute approximate surface area is 136 Å². The van der Waals surface area contributed by atoms with Crippen LogP contribution in [0.1, 0.15) is 21.6 Å². The van der Waals surface area contributed by atoms with E-state index in [1.54, 1.807) is 17.2 Å². The van der Waals surface area contributed by atoms with Crippen LogP contribution in [0.3, 0.4) is 0 Å². The second-order valence-electron chi connectivity index (χ2n) is 5.68. The Morgan fingerprint density at radius 2 is 2.09 bits per heavy atom. The van der Waals surface area contributed by atoms with E-state index in [4.69, 9.17) is 4.74 Å². The number of anilines is 1. The molecule has 1 aromatic carbocycles. The molecule has 0 atom stereocenters. The molecule has 1 saturated heterocycles. The molecule has 0 unspecified atom stereocenters. The number of hydrogen-bond donors (Lipinski definition) is 1. The average molecular weight is 311 g/mol. The van der Waals surface area contributed by atoms with Gasteiger partial charge in [-0.1, -0.05) is 29.8 Å². The van der Waals surface area contributed by atoms with Gasteiger partial charge in [0.05, 0.1) is 25.1 Å². The number of aromatic nitrogens is 1. The molecule has 5 heteroatoms. The summed E-state index contributed by atoms with van der Waals surface area (Å²) >= 11 is 0. The lowest BCUT2D eigenvalue weighted by atomic mass is 10.1. The number of aryl methyl sites for hydroxylation is 1. The van der Waals surface area contributed by atoms with Gasteiger partial charge in [-0.15, -0.1) is 0 Å². The van der Waals surface area contributed by atoms with Crippen molar-refractivity contribution in [2.24, 2.45) is 0 Å². The molecular weight excluding hydrogens is 290 g/mol. The maximum atomic E-state index is 12.3. The quantitative estimate of drug-likeness (QED) is 0.942. The third-order valence-electron chi connectivity index (χ3n) is 3.86. The molecule has 0 saturated carbocycles. The fourth-order valence-electron chi connectivity index (χ4n) is 2.58. The molecule has 0 bridgehead atoms. The van der Waals surface area contributed by atoms with Crippen LogP contribution in [0.4, 0.5) is 5.69 Å². The number of pyridine rings is 1. The lowest BCUT2D eigenvalue weighted by Gasteiger charge is -2.26. The van der Waals surface area contributed by atoms with E-state index in [1.165, 1.54) is 11.1 Å². The first-order valence-corrected chi connectivity index (χ1v) is 7.85. The van der Waals surface area contributed by atoms with E-state index < -0.39 is 0 Å². The molecule has 0 radical (unpaired) electrons. The Morgan fingerprint density at radius 3 is 2.78 bits per heavy atom. The lowest BCUT2D eigenvalue weighted by Crippen LogP contribution is -2.41. The molecule has 0 aliphatic carbocycles. The Morgan fingerprint density at radius 1 is 1.26 bits per heavy atom. The third-order valence-corrected chi connectivity index (χ3v) is 3.86. The minimum Gasteiger partial charge on any atom is -0.380 e. The Balaban J connectivity index is 1.59. The first-order valence-electron chi connectivity index (χ1n) is 7.85. The number of nitrogens with zero attached hydrogens (tertiary/aromatic N) is 2. The van der Waals surface area contributed by atoms with Gasteiger partial charge in [0.1, 0.15) is 5.69 Å². The predicted molar refractivity (Wildman–Crippen MR) is 89.5 cm³/mol. The van der Waals surface area contributed by atoms with E-state index in [-0.39, 0.29) is 5.91 Å². The van der Waals surface area contributed by atoms with E-state index in [9.17, 15) is 4.79 Å². The molecule has 1 fully saturated rings. The molecular formula is C18H21N3O2. The van der Waals surface area contributed by atoms with Crippen molar-refractivity contribution < 1.29 is 9.53 Å². The number of amides is 1. The minimum atomic E-state index is -0.0291. The number of carbonyl (C=O) groups is 1. The predicted octanol–water partition coefficient (Wildman–Crippen LogP) is 2.47. The van der Waals surface area contributed by atoms with E-state index in [0.29, 0.717) is 32.0 Å². The Bertz CT molecular complexity index is 664. The number of nitrogens with one attached hydrogen (secondary N) is 1. The molecule has 1 aromatic heterocycles. The Kier molecular flexibility index (Phi) is 4.88. The van der Waals surface area contributed by atoms with Gasteiger partial charge in [-0.25, -0.2) is 4.98 Å². The van der Waals surface area contributed by atoms with Crippen molar-refractivity contribution >= 4 is 11.6 Å². The first kappa shape index (κ1) is 15.5. The number of rotatable bonds is 4. The summed E-state index contributed by atoms with van der Waals surface area (Å²) in [5, 5.41) is 3.33. The monoisotopic (exact) mass is 311 g/mol. The first-order chi connectivity index (χ1) is 11.2. The van der Waals surface area contributed by atoms with Gasteiger partial charge in [-0.3, -0.25) is 4.79 Å². The molecule has 1 aliphatic rings. The standard InChI is InChI=1S/C18H21N3O2/c1-14-3-2-4-15(11-14)12-19-16-5-6-17(20-13-16)18(22)21-7-9-23-10-8-21/h2-6,11,13,19H,7-10,12H2,1H3. The lowest BCUT2D eigenvalue weighted by molar-refractivity contribution is 0.0299. The third kappa shape index (κ3) is 4.07. The zero-order chi connectivity index (χ0) is 16.1. The number of ether oxygens (including phenoxy) is 1. The smallest absolute Gasteiger partial charge is 0.272 e. The largest absolute Gasteiger partial charge is 0.380 e. The molecule has 1 aliphatic heterocycles. The number of hydrogen-bond acceptors (Lipinski definition) is 4. The summed E-state index contributed by atoms with van der Waals surface area (Å²) in [7, 11) is 0. The van der Waals surface area contributed by atoms with Gasteiger partial charge in [0.2, 0.25) is 0 Å². The van der Waals surface area contributed by atoms with Crippen LogP contribution in [0.2, 0.25) is 0 Å². The Hall–Kier alpha value is -2.40. The fraction of sp³-hybridized carbons (Fsp3) is 0.333. The van der Waals surface area contributed by atoms with Crippen LogP contribution in [-0.4, -0.2) is 42.1 Å². The van der Waals surface area contributed by atoms with Crippen molar-refractivity contribution in [2.45, 2.75) is 13.5 Å². The molecule has 23 heavy (non-hydrogen) atoms. The molecule has 2 heterocycles. The minimum absolute atomic E-state index is 0.0291. The SMILES string of the molecule is Cc1cccc(CNc2ccc(C(=O)N3CCOCC3)nc2)c1. The van der Waals surface area contributed by atoms with Crippen LogP contribution >= 0.6 is 0 Å². The van der Waals surface area contributed by atoms with Gasteiger partial charge in [-0.05, 0) is 24.6 Å². The van der Waals surface area contributed by atoms with Crippen molar-refractivity contribution in [3.05, 3.63) is 59.4 Å². The van der Waals surface area contributed by atoms with Crippen molar-refractivity contribution in [1.82, 2.24) is 9.88 Å². The summed E-state index contributed by atoms with van der Waals surface area (Å²) in [6.07, 6.45) is 1.71. The highest BCUT2D eigenvalue weighted by atomic mass is 16.5. The van der Waals surface area contributed by atoms with Crippen LogP contribution in [0.25, 0.3) is 0 Å². The maximum absolute atomic E-state index is 12.3. The topological polar surface area (TPSA) is 54.5 Å². The van der Waals surface area contributed by atoms with Crippen molar-refractivity contribution in [3.8, 4) is 0 Å². The van der Waals surface area contributed by atoms with E-state index >= 15 is 0 Å². The highest BCUT2D eigenvalue weighted by Gasteiger charge is 2.19. The van der Waals surface area contributed by atoms with Crippen molar-refractivity contribution in [1.29, 1.82) is 0 Å². The van der Waals surface area contributed by atoms with E-state index in [1.807, 2.05) is 6.07 Å². The van der Waals surface area contributed by atoms with Gasteiger partial charge in [-0.2, -0.15) is 0 Å². The summed E-state index contributed by atoms with van der Waals surface area (Å²) < 4.78 is 5.26. The van der Waals surface area contributed by atoms with Crippen LogP contribution in [-0.2, 0) is 11.3 Å². The van der Waals surface area contributed by atoms with Crippen LogP contribution < -0.4 is 5.32 Å². The molecule has 3 rings (SSSR count). The van der Waals surface area contributed by atoms with Gasteiger partial charge < -0.3 is 15.0 Å². The summed E-state index contributed by atoms with van der Waals surface area (Å²) in [4.78, 5) is 18.4. The molecule has 120 valence electrons. The zero-order valence-electron chi connectivity index (χ0n) is 13.3. The highest BCUT2D eigenvalue weighted by molar-refractivity contribution is 5.92. The normalized spacial score (nSPS) is 14.6. The highest BCUT2D eigenvalue weighted by Crippen LogP contribution is 2.12. The number of carbonyl (C=O) groups excluding carboxylic acids is 1. The van der Waals surface area contributed by atoms with Crippen LogP contribution in [0.15, 0.2) is 42.6 Å². The fourth-order valence-corrected chi connectivity index (χ4v) is 2.58. The molecule has 1 N–H and O–H groups in total. The molecule has 1 amide bonds. The summed E-state index contributed by atoms with van der Waals surface area (Å²) in [5.74, 6) is -0.0291. The van der Waals surface area contributed by atoms with Gasteiger partial charge in [0.15, 0.2) is 0 Å². The molecule has 2 aromatic rings. The molecule has 5 nitrogen and oxygen atoms in total. The van der Waals surface area contributed by atoms with E-state index in [0.717, 1.165) is 12.2 Å². The van der Waals surface area contributed by atoms with Gasteiger partial charge in [0, 0.05) is 19.6 Å². The second kappa shape index (κ2) is 7.24. The van der Waals surface area contributed by atoms with Crippen molar-refractivity contribution in [3.63, 3.8) is 0 Å². The number of morpholine rings is 1. The van der Waals surface area contributed by atoms with Crippen LogP contribution in [0, 0.1) is 6.92 Å². The summed E-state index contributed by atoms with van der Waals surface area (Å²) in [6, 6.07) is 12.0. The zero-order valence-corrected chi connectivity index (χ0v) is 13.3. The second-order valence-corrected chi connectivity index (χ2v) is 5.68. The summed E-state index contributed by atoms with van der Waals surface area (Å²) in [6.45, 7) is 5.28. The summed E-state index contributed by atoms with van der Waals surface area (Å²) in [5.41, 5.74) is 3.85. The number of benzene rings is 1.